The summed E-state index contributed by atoms with van der Waals surface area (Å²) in [5.41, 5.74) is 4.82. The molecule has 0 heterocycles. The van der Waals surface area contributed by atoms with Gasteiger partial charge in [-0.05, 0) is 13.0 Å². The summed E-state index contributed by atoms with van der Waals surface area (Å²) in [6.45, 7) is 4.08. The average molecular weight is 147 g/mol. The fourth-order valence-electron chi connectivity index (χ4n) is 0.654. The third kappa shape index (κ3) is 2.64. The van der Waals surface area contributed by atoms with E-state index in [1.54, 1.807) is 0 Å². The topological polar surface area (TPSA) is 66.5 Å². The maximum absolute atomic E-state index is 9.34. The Balaban J connectivity index is 3.78. The van der Waals surface area contributed by atoms with Crippen molar-refractivity contribution in [3.63, 3.8) is 0 Å². The number of hydrogen-bond donors (Lipinski definition) is 3. The van der Waals surface area contributed by atoms with Crippen LogP contribution in [0, 0.1) is 5.41 Å². The van der Waals surface area contributed by atoms with Crippen LogP contribution in [0.5, 0.6) is 0 Å². The van der Waals surface area contributed by atoms with Crippen LogP contribution in [0.3, 0.4) is 0 Å². The second-order valence-corrected chi connectivity index (χ2v) is 3.24. The quantitative estimate of drug-likeness (QED) is 0.512. The van der Waals surface area contributed by atoms with Gasteiger partial charge >= 0.3 is 0 Å². The van der Waals surface area contributed by atoms with E-state index in [9.17, 15) is 5.11 Å². The minimum atomic E-state index is -0.498. The summed E-state index contributed by atoms with van der Waals surface area (Å²) in [4.78, 5) is 0. The molecule has 0 radical (unpaired) electrons. The first-order valence-electron chi connectivity index (χ1n) is 3.53. The van der Waals surface area contributed by atoms with Gasteiger partial charge in [-0.15, -0.1) is 0 Å². The fraction of sp³-hybridized carbons (Fsp3) is 1.00. The summed E-state index contributed by atoms with van der Waals surface area (Å²) in [5.74, 6) is 0. The summed E-state index contributed by atoms with van der Waals surface area (Å²) >= 11 is 0. The third-order valence-electron chi connectivity index (χ3n) is 1.75. The summed E-state index contributed by atoms with van der Waals surface area (Å²) in [6, 6.07) is 0. The molecule has 0 unspecified atom stereocenters. The van der Waals surface area contributed by atoms with Gasteiger partial charge in [0.2, 0.25) is 0 Å². The lowest BCUT2D eigenvalue weighted by atomic mass is 9.86. The largest absolute Gasteiger partial charge is 0.396 e. The van der Waals surface area contributed by atoms with Crippen molar-refractivity contribution in [2.45, 2.75) is 26.4 Å². The number of nitrogens with two attached hydrogens (primary N) is 1. The zero-order chi connectivity index (χ0) is 8.20. The van der Waals surface area contributed by atoms with Crippen molar-refractivity contribution in [1.82, 2.24) is 0 Å². The summed E-state index contributed by atoms with van der Waals surface area (Å²) in [6.07, 6.45) is 0.0515. The van der Waals surface area contributed by atoms with Crippen LogP contribution >= 0.6 is 0 Å². The first-order valence-corrected chi connectivity index (χ1v) is 3.53. The molecule has 62 valence electrons. The Kier molecular flexibility index (Phi) is 3.86. The Hall–Kier alpha value is -0.120. The van der Waals surface area contributed by atoms with Gasteiger partial charge in [0.25, 0.3) is 0 Å². The maximum Gasteiger partial charge on any atom is 0.0625 e. The molecule has 3 nitrogen and oxygen atoms in total. The Bertz CT molecular complexity index is 93.6. The van der Waals surface area contributed by atoms with E-state index in [1.165, 1.54) is 0 Å². The maximum atomic E-state index is 9.34. The van der Waals surface area contributed by atoms with Gasteiger partial charge < -0.3 is 15.9 Å². The van der Waals surface area contributed by atoms with Gasteiger partial charge in [0, 0.05) is 5.41 Å². The fourth-order valence-corrected chi connectivity index (χ4v) is 0.654. The lowest BCUT2D eigenvalue weighted by Gasteiger charge is -2.27. The first-order chi connectivity index (χ1) is 4.54. The molecule has 0 aromatic heterocycles. The van der Waals surface area contributed by atoms with Crippen molar-refractivity contribution in [3.05, 3.63) is 0 Å². The van der Waals surface area contributed by atoms with Gasteiger partial charge in [-0.25, -0.2) is 0 Å². The van der Waals surface area contributed by atoms with E-state index in [0.717, 1.165) is 0 Å². The number of aliphatic hydroxyl groups excluding tert-OH is 2. The highest BCUT2D eigenvalue weighted by molar-refractivity contribution is 4.76. The molecule has 0 aromatic carbocycles. The summed E-state index contributed by atoms with van der Waals surface area (Å²) < 4.78 is 0. The van der Waals surface area contributed by atoms with Gasteiger partial charge in [0.15, 0.2) is 0 Å². The molecule has 0 rings (SSSR count). The molecule has 4 N–H and O–H groups in total. The first kappa shape index (κ1) is 9.88. The van der Waals surface area contributed by atoms with E-state index in [1.807, 2.05) is 13.8 Å². The Morgan fingerprint density at radius 1 is 1.50 bits per heavy atom. The van der Waals surface area contributed by atoms with Gasteiger partial charge in [-0.3, -0.25) is 0 Å². The van der Waals surface area contributed by atoms with E-state index < -0.39 is 11.5 Å². The molecule has 0 aliphatic heterocycles. The highest BCUT2D eigenvalue weighted by Crippen LogP contribution is 2.21. The molecular weight excluding hydrogens is 130 g/mol. The van der Waals surface area contributed by atoms with Crippen LogP contribution in [-0.2, 0) is 0 Å². The molecule has 0 amide bonds. The van der Waals surface area contributed by atoms with Gasteiger partial charge in [0.05, 0.1) is 12.7 Å². The molecule has 0 saturated heterocycles. The predicted molar refractivity (Wildman–Crippen MR) is 40.5 cm³/mol. The van der Waals surface area contributed by atoms with E-state index in [0.29, 0.717) is 13.0 Å². The summed E-state index contributed by atoms with van der Waals surface area (Å²) in [5, 5.41) is 18.1. The van der Waals surface area contributed by atoms with Crippen molar-refractivity contribution >= 4 is 0 Å². The lowest BCUT2D eigenvalue weighted by Crippen LogP contribution is -2.34. The monoisotopic (exact) mass is 147 g/mol. The Morgan fingerprint density at radius 3 is 2.30 bits per heavy atom. The molecule has 1 atom stereocenters. The van der Waals surface area contributed by atoms with Crippen molar-refractivity contribution in [2.24, 2.45) is 11.1 Å². The van der Waals surface area contributed by atoms with Crippen molar-refractivity contribution in [2.75, 3.05) is 13.2 Å². The number of rotatable bonds is 4. The van der Waals surface area contributed by atoms with Gasteiger partial charge in [-0.2, -0.15) is 0 Å². The molecule has 0 saturated carbocycles. The SMILES string of the molecule is CC(C)(CO)[C@@H](O)CCN. The number of hydrogen-bond acceptors (Lipinski definition) is 3. The average Bonchev–Trinajstić information content (AvgIpc) is 1.89. The van der Waals surface area contributed by atoms with Crippen LogP contribution in [0.15, 0.2) is 0 Å². The molecule has 0 fully saturated rings. The molecule has 3 heteroatoms. The minimum Gasteiger partial charge on any atom is -0.396 e. The molecule has 0 bridgehead atoms. The van der Waals surface area contributed by atoms with Crippen LogP contribution in [0.1, 0.15) is 20.3 Å². The molecule has 10 heavy (non-hydrogen) atoms. The van der Waals surface area contributed by atoms with Crippen LogP contribution in [0.25, 0.3) is 0 Å². The third-order valence-corrected chi connectivity index (χ3v) is 1.75. The summed E-state index contributed by atoms with van der Waals surface area (Å²) in [7, 11) is 0. The van der Waals surface area contributed by atoms with Gasteiger partial charge in [-0.1, -0.05) is 13.8 Å². The lowest BCUT2D eigenvalue weighted by molar-refractivity contribution is 0.00448. The van der Waals surface area contributed by atoms with Crippen LogP contribution in [0.2, 0.25) is 0 Å². The van der Waals surface area contributed by atoms with Crippen LogP contribution in [0.4, 0.5) is 0 Å². The van der Waals surface area contributed by atoms with Crippen molar-refractivity contribution in [3.8, 4) is 0 Å². The van der Waals surface area contributed by atoms with E-state index in [-0.39, 0.29) is 6.61 Å². The van der Waals surface area contributed by atoms with Gasteiger partial charge in [0.1, 0.15) is 0 Å². The highest BCUT2D eigenvalue weighted by atomic mass is 16.3. The second kappa shape index (κ2) is 3.91. The zero-order valence-electron chi connectivity index (χ0n) is 6.67. The molecule has 0 aromatic rings. The highest BCUT2D eigenvalue weighted by Gasteiger charge is 2.25. The molecule has 0 spiro atoms. The van der Waals surface area contributed by atoms with Crippen molar-refractivity contribution in [1.29, 1.82) is 0 Å². The Morgan fingerprint density at radius 2 is 2.00 bits per heavy atom. The smallest absolute Gasteiger partial charge is 0.0625 e. The normalized spacial score (nSPS) is 15.3. The van der Waals surface area contributed by atoms with Crippen LogP contribution in [-0.4, -0.2) is 29.5 Å². The van der Waals surface area contributed by atoms with E-state index in [2.05, 4.69) is 0 Å². The van der Waals surface area contributed by atoms with E-state index in [4.69, 9.17) is 10.8 Å². The number of aliphatic hydroxyl groups is 2. The predicted octanol–water partition coefficient (Wildman–Crippen LogP) is -0.285. The molecule has 0 aliphatic carbocycles. The second-order valence-electron chi connectivity index (χ2n) is 3.24. The Labute approximate surface area is 61.9 Å². The van der Waals surface area contributed by atoms with Crippen LogP contribution < -0.4 is 5.73 Å². The minimum absolute atomic E-state index is 0.00579. The molecular formula is C7H17NO2. The van der Waals surface area contributed by atoms with Crippen molar-refractivity contribution < 1.29 is 10.2 Å². The standard InChI is InChI=1S/C7H17NO2/c1-7(2,5-9)6(10)3-4-8/h6,9-10H,3-5,8H2,1-2H3/t6-/m0/s1. The van der Waals surface area contributed by atoms with E-state index >= 15 is 0 Å². The molecule has 0 aliphatic rings. The zero-order valence-corrected chi connectivity index (χ0v) is 6.67.